The third-order valence-corrected chi connectivity index (χ3v) is 7.76. The minimum atomic E-state index is -0.387. The third kappa shape index (κ3) is 5.71. The van der Waals surface area contributed by atoms with Crippen LogP contribution >= 0.6 is 11.3 Å². The Balaban J connectivity index is 1.05. The van der Waals surface area contributed by atoms with Crippen molar-refractivity contribution in [1.29, 1.82) is 0 Å². The van der Waals surface area contributed by atoms with Gasteiger partial charge in [0.25, 0.3) is 0 Å². The van der Waals surface area contributed by atoms with Crippen LogP contribution in [0.5, 0.6) is 0 Å². The molecule has 0 saturated carbocycles. The van der Waals surface area contributed by atoms with Gasteiger partial charge in [0.05, 0.1) is 0 Å². The van der Waals surface area contributed by atoms with E-state index >= 15 is 0 Å². The fourth-order valence-electron chi connectivity index (χ4n) is 4.63. The van der Waals surface area contributed by atoms with E-state index in [4.69, 9.17) is 15.2 Å². The lowest BCUT2D eigenvalue weighted by Gasteiger charge is -2.37. The number of allylic oxidation sites excluding steroid dienone is 4. The highest BCUT2D eigenvalue weighted by Gasteiger charge is 2.24. The summed E-state index contributed by atoms with van der Waals surface area (Å²) in [6, 6.07) is 9.83. The summed E-state index contributed by atoms with van der Waals surface area (Å²) in [4.78, 5) is 18.5. The van der Waals surface area contributed by atoms with Crippen molar-refractivity contribution in [3.05, 3.63) is 78.3 Å². The average molecular weight is 493 g/mol. The lowest BCUT2D eigenvalue weighted by Crippen LogP contribution is -2.46. The van der Waals surface area contributed by atoms with Crippen LogP contribution in [0, 0.1) is 0 Å². The van der Waals surface area contributed by atoms with Gasteiger partial charge in [0.2, 0.25) is 5.88 Å². The Kier molecular flexibility index (Phi) is 7.39. The highest BCUT2D eigenvalue weighted by molar-refractivity contribution is 7.23. The lowest BCUT2D eigenvalue weighted by atomic mass is 10.0. The molecule has 2 N–H and O–H groups in total. The van der Waals surface area contributed by atoms with E-state index in [0.717, 1.165) is 80.4 Å². The molecule has 2 aliphatic heterocycles. The van der Waals surface area contributed by atoms with Gasteiger partial charge in [-0.25, -0.2) is 4.79 Å². The number of thiophene rings is 1. The summed E-state index contributed by atoms with van der Waals surface area (Å²) in [7, 11) is 0. The first-order chi connectivity index (χ1) is 17.2. The number of hydrogen-bond donors (Lipinski definition) is 1. The Labute approximate surface area is 210 Å². The second-order valence-electron chi connectivity index (χ2n) is 8.98. The number of carbonyl (C=O) groups excluding carboxylic acids is 1. The smallest absolute Gasteiger partial charge is 0.319 e. The van der Waals surface area contributed by atoms with Crippen LogP contribution in [0.2, 0.25) is 0 Å². The molecule has 0 spiro atoms. The number of fused-ring (bicyclic) bond motifs is 1. The van der Waals surface area contributed by atoms with Gasteiger partial charge in [0.15, 0.2) is 12.0 Å². The van der Waals surface area contributed by atoms with E-state index in [9.17, 15) is 4.79 Å². The Hall–Kier alpha value is -3.23. The van der Waals surface area contributed by atoms with Crippen molar-refractivity contribution in [3.63, 3.8) is 0 Å². The maximum Gasteiger partial charge on any atom is 0.319 e. The monoisotopic (exact) mass is 492 g/mol. The molecule has 2 aromatic rings. The fourth-order valence-corrected chi connectivity index (χ4v) is 5.72. The van der Waals surface area contributed by atoms with Crippen molar-refractivity contribution in [2.24, 2.45) is 5.73 Å². The second-order valence-corrected chi connectivity index (χ2v) is 10.0. The predicted octanol–water partition coefficient (Wildman–Crippen LogP) is 5.15. The molecule has 35 heavy (non-hydrogen) atoms. The SMILES string of the molecule is NC(=O)N(CCCCN1CCN(C2=COC=C(C3=CC=CCC3)O2)CC1)c1cc2ccccc2s1. The Morgan fingerprint density at radius 1 is 1.11 bits per heavy atom. The van der Waals surface area contributed by atoms with Crippen molar-refractivity contribution in [2.45, 2.75) is 25.7 Å². The number of carbonyl (C=O) groups is 1. The van der Waals surface area contributed by atoms with Gasteiger partial charge in [0.1, 0.15) is 11.3 Å². The second kappa shape index (κ2) is 11.0. The molecule has 5 rings (SSSR count). The van der Waals surface area contributed by atoms with Crippen molar-refractivity contribution in [2.75, 3.05) is 44.2 Å². The zero-order valence-electron chi connectivity index (χ0n) is 19.9. The maximum absolute atomic E-state index is 12.1. The molecule has 0 unspecified atom stereocenters. The topological polar surface area (TPSA) is 71.3 Å². The van der Waals surface area contributed by atoms with Gasteiger partial charge in [-0.2, -0.15) is 0 Å². The summed E-state index contributed by atoms with van der Waals surface area (Å²) in [5, 5.41) is 2.07. The van der Waals surface area contributed by atoms with Gasteiger partial charge < -0.3 is 20.1 Å². The van der Waals surface area contributed by atoms with E-state index in [1.807, 2.05) is 12.1 Å². The number of urea groups is 1. The molecule has 2 amide bonds. The van der Waals surface area contributed by atoms with Crippen LogP contribution in [-0.4, -0.2) is 55.1 Å². The van der Waals surface area contributed by atoms with Crippen molar-refractivity contribution < 1.29 is 14.3 Å². The van der Waals surface area contributed by atoms with Gasteiger partial charge in [-0.05, 0) is 55.3 Å². The quantitative estimate of drug-likeness (QED) is 0.516. The number of ether oxygens (including phenoxy) is 2. The zero-order valence-corrected chi connectivity index (χ0v) is 20.7. The van der Waals surface area contributed by atoms with Crippen LogP contribution in [0.15, 0.2) is 78.3 Å². The molecule has 1 saturated heterocycles. The summed E-state index contributed by atoms with van der Waals surface area (Å²) in [5.74, 6) is 1.60. The molecular formula is C27H32N4O3S. The Bertz CT molecular complexity index is 1140. The van der Waals surface area contributed by atoms with Crippen LogP contribution < -0.4 is 10.6 Å². The molecule has 1 fully saturated rings. The summed E-state index contributed by atoms with van der Waals surface area (Å²) < 4.78 is 12.9. The van der Waals surface area contributed by atoms with Crippen LogP contribution in [0.4, 0.5) is 9.80 Å². The average Bonchev–Trinajstić information content (AvgIpc) is 3.33. The van der Waals surface area contributed by atoms with Gasteiger partial charge >= 0.3 is 6.03 Å². The van der Waals surface area contributed by atoms with Crippen molar-refractivity contribution in [1.82, 2.24) is 9.80 Å². The molecule has 7 nitrogen and oxygen atoms in total. The molecule has 1 aromatic heterocycles. The standard InChI is InChI=1S/C27H32N4O3S/c28-27(32)31(26-18-22-10-4-5-11-24(22)35-26)13-7-6-12-29-14-16-30(17-15-29)25-20-33-19-23(34-25)21-8-2-1-3-9-21/h1-2,4-5,8,10-11,18-20H,3,6-7,9,12-17H2,(H2,28,32). The maximum atomic E-state index is 12.1. The number of hydrogen-bond acceptors (Lipinski definition) is 6. The predicted molar refractivity (Wildman–Crippen MR) is 141 cm³/mol. The molecule has 1 aliphatic carbocycles. The minimum Gasteiger partial charge on any atom is -0.463 e. The van der Waals surface area contributed by atoms with Gasteiger partial charge in [-0.1, -0.05) is 36.4 Å². The first kappa shape index (κ1) is 23.5. The molecule has 8 heteroatoms. The number of amides is 2. The van der Waals surface area contributed by atoms with Crippen LogP contribution in [0.3, 0.4) is 0 Å². The van der Waals surface area contributed by atoms with Crippen LogP contribution in [-0.2, 0) is 9.47 Å². The van der Waals surface area contributed by atoms with Crippen LogP contribution in [0.25, 0.3) is 10.1 Å². The highest BCUT2D eigenvalue weighted by atomic mass is 32.1. The number of nitrogens with two attached hydrogens (primary N) is 1. The van der Waals surface area contributed by atoms with Crippen LogP contribution in [0.1, 0.15) is 25.7 Å². The first-order valence-electron chi connectivity index (χ1n) is 12.3. The number of primary amides is 1. The van der Waals surface area contributed by atoms with E-state index in [1.165, 1.54) is 10.3 Å². The third-order valence-electron chi connectivity index (χ3n) is 6.62. The highest BCUT2D eigenvalue weighted by Crippen LogP contribution is 2.32. The Morgan fingerprint density at radius 3 is 2.74 bits per heavy atom. The largest absolute Gasteiger partial charge is 0.463 e. The number of nitrogens with zero attached hydrogens (tertiary/aromatic N) is 3. The Morgan fingerprint density at radius 2 is 1.97 bits per heavy atom. The van der Waals surface area contributed by atoms with E-state index in [2.05, 4.69) is 46.2 Å². The normalized spacial score (nSPS) is 18.4. The van der Waals surface area contributed by atoms with E-state index < -0.39 is 0 Å². The molecule has 0 radical (unpaired) electrons. The van der Waals surface area contributed by atoms with Gasteiger partial charge in [0, 0.05) is 37.4 Å². The molecule has 1 aromatic carbocycles. The van der Waals surface area contributed by atoms with Crippen molar-refractivity contribution in [3.8, 4) is 0 Å². The summed E-state index contributed by atoms with van der Waals surface area (Å²) in [6.45, 7) is 5.39. The molecule has 0 bridgehead atoms. The van der Waals surface area contributed by atoms with E-state index in [0.29, 0.717) is 6.54 Å². The molecule has 0 atom stereocenters. The summed E-state index contributed by atoms with van der Waals surface area (Å²) >= 11 is 1.61. The van der Waals surface area contributed by atoms with E-state index in [1.54, 1.807) is 28.8 Å². The number of anilines is 1. The molecule has 184 valence electrons. The first-order valence-corrected chi connectivity index (χ1v) is 13.1. The van der Waals surface area contributed by atoms with Gasteiger partial charge in [-0.15, -0.1) is 11.3 Å². The van der Waals surface area contributed by atoms with E-state index in [-0.39, 0.29) is 6.03 Å². The van der Waals surface area contributed by atoms with Crippen molar-refractivity contribution >= 4 is 32.5 Å². The number of unbranched alkanes of at least 4 members (excludes halogenated alkanes) is 1. The summed E-state index contributed by atoms with van der Waals surface area (Å²) in [5.41, 5.74) is 6.88. The number of piperazine rings is 1. The van der Waals surface area contributed by atoms with Gasteiger partial charge in [-0.3, -0.25) is 9.80 Å². The minimum absolute atomic E-state index is 0.387. The fraction of sp³-hybridized carbons (Fsp3) is 0.370. The molecule has 3 aliphatic rings. The summed E-state index contributed by atoms with van der Waals surface area (Å²) in [6.07, 6.45) is 13.7. The number of benzene rings is 1. The molecular weight excluding hydrogens is 460 g/mol. The molecule has 3 heterocycles. The lowest BCUT2D eigenvalue weighted by molar-refractivity contribution is 0.0787. The zero-order chi connectivity index (χ0) is 24.0. The number of rotatable bonds is 8.